The molecule has 0 saturated heterocycles. The summed E-state index contributed by atoms with van der Waals surface area (Å²) in [5.74, 6) is -0.878. The Bertz CT molecular complexity index is 460. The van der Waals surface area contributed by atoms with E-state index in [2.05, 4.69) is 0 Å². The van der Waals surface area contributed by atoms with Gasteiger partial charge in [0.05, 0.1) is 5.56 Å². The van der Waals surface area contributed by atoms with Crippen LogP contribution in [-0.4, -0.2) is 38.4 Å². The van der Waals surface area contributed by atoms with Crippen molar-refractivity contribution in [2.24, 2.45) is 0 Å². The van der Waals surface area contributed by atoms with Crippen LogP contribution in [0.3, 0.4) is 0 Å². The third-order valence-electron chi connectivity index (χ3n) is 2.02. The van der Waals surface area contributed by atoms with Gasteiger partial charge < -0.3 is 5.11 Å². The Labute approximate surface area is 102 Å². The summed E-state index contributed by atoms with van der Waals surface area (Å²) in [5, 5.41) is 10.6. The van der Waals surface area contributed by atoms with Crippen molar-refractivity contribution in [1.82, 2.24) is 0 Å². The Hall–Kier alpha value is -0.908. The van der Waals surface area contributed by atoms with E-state index in [0.29, 0.717) is 5.56 Å². The minimum atomic E-state index is -0.878. The monoisotopic (exact) mass is 380 g/mol. The molecule has 2 aromatic carbocycles. The van der Waals surface area contributed by atoms with Crippen molar-refractivity contribution in [1.29, 1.82) is 0 Å². The van der Waals surface area contributed by atoms with Crippen LogP contribution in [0.4, 0.5) is 0 Å². The topological polar surface area (TPSA) is 37.3 Å². The molecule has 0 spiro atoms. The minimum absolute atomic E-state index is 0. The SMILES string of the molecule is O=C(O)c1cccc2ccccc12.[Pb]. The third kappa shape index (κ3) is 1.95. The van der Waals surface area contributed by atoms with E-state index in [4.69, 9.17) is 5.11 Å². The van der Waals surface area contributed by atoms with Crippen molar-refractivity contribution in [2.45, 2.75) is 0 Å². The minimum Gasteiger partial charge on any atom is -0.478 e. The van der Waals surface area contributed by atoms with Crippen molar-refractivity contribution < 1.29 is 9.90 Å². The van der Waals surface area contributed by atoms with E-state index in [1.54, 1.807) is 12.1 Å². The maximum absolute atomic E-state index is 10.8. The summed E-state index contributed by atoms with van der Waals surface area (Å²) in [6.07, 6.45) is 0. The first-order valence-corrected chi connectivity index (χ1v) is 4.00. The van der Waals surface area contributed by atoms with Crippen LogP contribution in [-0.2, 0) is 0 Å². The van der Waals surface area contributed by atoms with Gasteiger partial charge in [-0.05, 0) is 16.8 Å². The molecular formula is C11H8O2Pb. The summed E-state index contributed by atoms with van der Waals surface area (Å²) in [7, 11) is 0. The Balaban J connectivity index is 0.000000980. The van der Waals surface area contributed by atoms with E-state index < -0.39 is 5.97 Å². The molecule has 0 aromatic heterocycles. The molecule has 1 N–H and O–H groups in total. The largest absolute Gasteiger partial charge is 0.478 e. The van der Waals surface area contributed by atoms with Crippen LogP contribution in [0.2, 0.25) is 0 Å². The van der Waals surface area contributed by atoms with E-state index in [0.717, 1.165) is 10.8 Å². The van der Waals surface area contributed by atoms with Crippen molar-refractivity contribution in [3.05, 3.63) is 48.0 Å². The Morgan fingerprint density at radius 3 is 2.36 bits per heavy atom. The van der Waals surface area contributed by atoms with Crippen LogP contribution in [0, 0.1) is 0 Å². The molecule has 3 heteroatoms. The Kier molecular flexibility index (Phi) is 3.63. The first-order chi connectivity index (χ1) is 6.29. The second kappa shape index (κ2) is 4.55. The van der Waals surface area contributed by atoms with Gasteiger partial charge in [0.1, 0.15) is 0 Å². The smallest absolute Gasteiger partial charge is 0.336 e. The number of fused-ring (bicyclic) bond motifs is 1. The van der Waals surface area contributed by atoms with E-state index in [1.165, 1.54) is 0 Å². The number of benzene rings is 2. The molecule has 2 aromatic rings. The zero-order valence-corrected chi connectivity index (χ0v) is 11.3. The second-order valence-electron chi connectivity index (χ2n) is 2.83. The van der Waals surface area contributed by atoms with Crippen molar-refractivity contribution in [2.75, 3.05) is 0 Å². The normalized spacial score (nSPS) is 9.43. The van der Waals surface area contributed by atoms with Gasteiger partial charge in [0.25, 0.3) is 0 Å². The van der Waals surface area contributed by atoms with Gasteiger partial charge in [-0.1, -0.05) is 36.4 Å². The summed E-state index contributed by atoms with van der Waals surface area (Å²) in [6, 6.07) is 12.7. The van der Waals surface area contributed by atoms with Gasteiger partial charge in [-0.25, -0.2) is 4.79 Å². The molecule has 0 amide bonds. The molecule has 0 heterocycles. The third-order valence-corrected chi connectivity index (χ3v) is 2.02. The van der Waals surface area contributed by atoms with Crippen molar-refractivity contribution in [3.8, 4) is 0 Å². The molecule has 2 nitrogen and oxygen atoms in total. The summed E-state index contributed by atoms with van der Waals surface area (Å²) in [4.78, 5) is 10.8. The van der Waals surface area contributed by atoms with E-state index in [-0.39, 0.29) is 27.3 Å². The van der Waals surface area contributed by atoms with E-state index >= 15 is 0 Å². The van der Waals surface area contributed by atoms with Gasteiger partial charge in [-0.2, -0.15) is 0 Å². The predicted octanol–water partition coefficient (Wildman–Crippen LogP) is 2.16. The predicted molar refractivity (Wildman–Crippen MR) is 56.7 cm³/mol. The van der Waals surface area contributed by atoms with E-state index in [1.807, 2.05) is 30.3 Å². The average molecular weight is 379 g/mol. The van der Waals surface area contributed by atoms with Crippen LogP contribution >= 0.6 is 0 Å². The number of hydrogen-bond acceptors (Lipinski definition) is 1. The van der Waals surface area contributed by atoms with Crippen molar-refractivity contribution >= 4 is 44.0 Å². The fraction of sp³-hybridized carbons (Fsp3) is 0. The molecule has 0 fully saturated rings. The number of hydrogen-bond donors (Lipinski definition) is 1. The first-order valence-electron chi connectivity index (χ1n) is 4.00. The number of aromatic carboxylic acids is 1. The van der Waals surface area contributed by atoms with Crippen LogP contribution in [0.1, 0.15) is 10.4 Å². The molecule has 0 aliphatic carbocycles. The van der Waals surface area contributed by atoms with Gasteiger partial charge in [0.2, 0.25) is 0 Å². The van der Waals surface area contributed by atoms with Gasteiger partial charge in [-0.3, -0.25) is 0 Å². The maximum atomic E-state index is 10.8. The zero-order valence-electron chi connectivity index (χ0n) is 7.40. The fourth-order valence-electron chi connectivity index (χ4n) is 1.41. The number of carbonyl (C=O) groups is 1. The van der Waals surface area contributed by atoms with Crippen molar-refractivity contribution in [3.63, 3.8) is 0 Å². The maximum Gasteiger partial charge on any atom is 0.336 e. The second-order valence-corrected chi connectivity index (χ2v) is 2.83. The number of carboxylic acids is 1. The van der Waals surface area contributed by atoms with Crippen LogP contribution in [0.25, 0.3) is 10.8 Å². The molecule has 0 atom stereocenters. The molecule has 14 heavy (non-hydrogen) atoms. The summed E-state index contributed by atoms with van der Waals surface area (Å²) in [5.41, 5.74) is 0.359. The summed E-state index contributed by atoms with van der Waals surface area (Å²) < 4.78 is 0. The van der Waals surface area contributed by atoms with Gasteiger partial charge >= 0.3 is 5.97 Å². The standard InChI is InChI=1S/C11H8O2.Pb/c12-11(13)10-7-3-5-8-4-1-2-6-9(8)10;/h1-7H,(H,12,13);. The summed E-state index contributed by atoms with van der Waals surface area (Å²) in [6.45, 7) is 0. The molecule has 68 valence electrons. The quantitative estimate of drug-likeness (QED) is 0.771. The molecule has 0 aliphatic heterocycles. The molecule has 2 rings (SSSR count). The molecule has 4 radical (unpaired) electrons. The zero-order chi connectivity index (χ0) is 9.26. The average Bonchev–Trinajstić information content (AvgIpc) is 2.17. The van der Waals surface area contributed by atoms with Gasteiger partial charge in [-0.15, -0.1) is 0 Å². The Morgan fingerprint density at radius 1 is 1.00 bits per heavy atom. The first kappa shape index (κ1) is 11.2. The molecule has 0 saturated carbocycles. The Morgan fingerprint density at radius 2 is 1.64 bits per heavy atom. The van der Waals surface area contributed by atoms with Crippen LogP contribution in [0.5, 0.6) is 0 Å². The van der Waals surface area contributed by atoms with E-state index in [9.17, 15) is 4.79 Å². The molecule has 0 unspecified atom stereocenters. The summed E-state index contributed by atoms with van der Waals surface area (Å²) >= 11 is 0. The fourth-order valence-corrected chi connectivity index (χ4v) is 1.41. The number of carboxylic acid groups (broad SMARTS) is 1. The molecule has 0 bridgehead atoms. The van der Waals surface area contributed by atoms with Crippen LogP contribution < -0.4 is 0 Å². The number of rotatable bonds is 1. The molecular weight excluding hydrogens is 371 g/mol. The molecule has 0 aliphatic rings. The van der Waals surface area contributed by atoms with Crippen LogP contribution in [0.15, 0.2) is 42.5 Å². The van der Waals surface area contributed by atoms with Gasteiger partial charge in [0.15, 0.2) is 0 Å². The van der Waals surface area contributed by atoms with Gasteiger partial charge in [0, 0.05) is 27.3 Å².